The molecule has 0 aromatic heterocycles. The number of hydrogen-bond acceptors (Lipinski definition) is 4. The zero-order valence-corrected chi connectivity index (χ0v) is 18.8. The van der Waals surface area contributed by atoms with Gasteiger partial charge >= 0.3 is 0 Å². The van der Waals surface area contributed by atoms with Crippen LogP contribution in [0.5, 0.6) is 0 Å². The van der Waals surface area contributed by atoms with Gasteiger partial charge in [-0.25, -0.2) is 12.7 Å². The molecule has 0 bridgehead atoms. The lowest BCUT2D eigenvalue weighted by Crippen LogP contribution is -2.56. The maximum atomic E-state index is 14.0. The molecule has 2 saturated heterocycles. The second-order valence-electron chi connectivity index (χ2n) is 8.27. The van der Waals surface area contributed by atoms with E-state index in [1.807, 2.05) is 65.6 Å². The van der Waals surface area contributed by atoms with E-state index in [4.69, 9.17) is 4.74 Å². The molecule has 6 nitrogen and oxygen atoms in total. The zero-order valence-electron chi connectivity index (χ0n) is 17.9. The Bertz CT molecular complexity index is 987. The highest BCUT2D eigenvalue weighted by atomic mass is 32.2. The fourth-order valence-electron chi connectivity index (χ4n) is 4.72. The predicted octanol–water partition coefficient (Wildman–Crippen LogP) is 2.97. The van der Waals surface area contributed by atoms with Gasteiger partial charge in [-0.2, -0.15) is 0 Å². The van der Waals surface area contributed by atoms with Crippen molar-refractivity contribution < 1.29 is 17.9 Å². The summed E-state index contributed by atoms with van der Waals surface area (Å²) in [5.41, 5.74) is 1.33. The molecule has 2 fully saturated rings. The van der Waals surface area contributed by atoms with Crippen LogP contribution in [-0.4, -0.2) is 62.1 Å². The van der Waals surface area contributed by atoms with Gasteiger partial charge in [-0.05, 0) is 30.9 Å². The first kappa shape index (κ1) is 22.0. The maximum Gasteiger partial charge on any atom is 0.233 e. The number of benzene rings is 2. The molecule has 166 valence electrons. The minimum atomic E-state index is -3.26. The Balaban J connectivity index is 1.60. The average Bonchev–Trinajstić information content (AvgIpc) is 2.85. The van der Waals surface area contributed by atoms with Crippen molar-refractivity contribution in [2.45, 2.75) is 31.3 Å². The summed E-state index contributed by atoms with van der Waals surface area (Å²) in [6, 6.07) is 19.8. The molecule has 2 aromatic rings. The first-order valence-electron chi connectivity index (χ1n) is 11.0. The van der Waals surface area contributed by atoms with E-state index < -0.39 is 15.4 Å². The molecule has 0 radical (unpaired) electrons. The summed E-state index contributed by atoms with van der Waals surface area (Å²) in [4.78, 5) is 15.9. The highest BCUT2D eigenvalue weighted by Gasteiger charge is 2.47. The lowest BCUT2D eigenvalue weighted by Gasteiger charge is -2.44. The van der Waals surface area contributed by atoms with E-state index in [0.29, 0.717) is 45.6 Å². The van der Waals surface area contributed by atoms with Crippen molar-refractivity contribution in [3.05, 3.63) is 71.8 Å². The molecule has 7 heteroatoms. The molecule has 2 aliphatic rings. The number of carbonyl (C=O) groups excluding carboxylic acids is 1. The highest BCUT2D eigenvalue weighted by molar-refractivity contribution is 7.89. The number of rotatable bonds is 5. The van der Waals surface area contributed by atoms with Gasteiger partial charge in [0.1, 0.15) is 6.10 Å². The minimum absolute atomic E-state index is 0.0801. The molecule has 0 saturated carbocycles. The van der Waals surface area contributed by atoms with E-state index in [-0.39, 0.29) is 17.8 Å². The number of amides is 1. The van der Waals surface area contributed by atoms with Gasteiger partial charge in [0, 0.05) is 19.6 Å². The molecule has 31 heavy (non-hydrogen) atoms. The van der Waals surface area contributed by atoms with Crippen molar-refractivity contribution in [1.82, 2.24) is 9.21 Å². The van der Waals surface area contributed by atoms with E-state index in [0.717, 1.165) is 11.1 Å². The summed E-state index contributed by atoms with van der Waals surface area (Å²) in [6.07, 6.45) is 0.831. The van der Waals surface area contributed by atoms with Crippen LogP contribution in [-0.2, 0) is 25.0 Å². The Morgan fingerprint density at radius 1 is 1.00 bits per heavy atom. The normalized spacial score (nSPS) is 22.2. The van der Waals surface area contributed by atoms with Crippen LogP contribution < -0.4 is 0 Å². The van der Waals surface area contributed by atoms with Crippen molar-refractivity contribution in [2.24, 2.45) is 0 Å². The number of morpholine rings is 1. The summed E-state index contributed by atoms with van der Waals surface area (Å²) < 4.78 is 32.3. The maximum absolute atomic E-state index is 14.0. The largest absolute Gasteiger partial charge is 0.370 e. The topological polar surface area (TPSA) is 66.9 Å². The van der Waals surface area contributed by atoms with E-state index in [2.05, 4.69) is 0 Å². The van der Waals surface area contributed by atoms with Crippen molar-refractivity contribution in [3.63, 3.8) is 0 Å². The molecule has 0 N–H and O–H groups in total. The van der Waals surface area contributed by atoms with E-state index >= 15 is 0 Å². The van der Waals surface area contributed by atoms with Crippen molar-refractivity contribution in [3.8, 4) is 0 Å². The van der Waals surface area contributed by atoms with Crippen molar-refractivity contribution >= 4 is 15.9 Å². The zero-order chi connectivity index (χ0) is 21.9. The number of carbonyl (C=O) groups is 1. The van der Waals surface area contributed by atoms with Crippen LogP contribution >= 0.6 is 0 Å². The SMILES string of the molecule is CCS(=O)(=O)N1CCC(C(=O)N2CCOC(c3ccccc3)C2)(c2ccccc2)CC1. The number of hydrogen-bond donors (Lipinski definition) is 0. The van der Waals surface area contributed by atoms with Gasteiger partial charge in [0.15, 0.2) is 0 Å². The summed E-state index contributed by atoms with van der Waals surface area (Å²) in [5, 5.41) is 0. The molecule has 0 aliphatic carbocycles. The Morgan fingerprint density at radius 2 is 1.61 bits per heavy atom. The molecule has 1 amide bonds. The molecule has 0 spiro atoms. The molecule has 4 rings (SSSR count). The summed E-state index contributed by atoms with van der Waals surface area (Å²) >= 11 is 0. The quantitative estimate of drug-likeness (QED) is 0.714. The fraction of sp³-hybridized carbons (Fsp3) is 0.458. The molecule has 2 aromatic carbocycles. The number of sulfonamides is 1. The van der Waals surface area contributed by atoms with Gasteiger partial charge < -0.3 is 9.64 Å². The van der Waals surface area contributed by atoms with Crippen LogP contribution in [0.4, 0.5) is 0 Å². The summed E-state index contributed by atoms with van der Waals surface area (Å²) in [6.45, 7) is 3.94. The second-order valence-corrected chi connectivity index (χ2v) is 10.5. The van der Waals surface area contributed by atoms with Crippen molar-refractivity contribution in [1.29, 1.82) is 0 Å². The van der Waals surface area contributed by atoms with Crippen LogP contribution in [0.3, 0.4) is 0 Å². The van der Waals surface area contributed by atoms with Crippen LogP contribution in [0.15, 0.2) is 60.7 Å². The first-order chi connectivity index (χ1) is 15.0. The summed E-state index contributed by atoms with van der Waals surface area (Å²) in [7, 11) is -3.26. The number of piperidine rings is 1. The third-order valence-corrected chi connectivity index (χ3v) is 8.48. The smallest absolute Gasteiger partial charge is 0.233 e. The second kappa shape index (κ2) is 9.10. The van der Waals surface area contributed by atoms with Crippen LogP contribution in [0.2, 0.25) is 0 Å². The standard InChI is InChI=1S/C24H30N2O4S/c1-2-31(28,29)26-15-13-24(14-16-26,21-11-7-4-8-12-21)23(27)25-17-18-30-22(19-25)20-9-5-3-6-10-20/h3-12,22H,2,13-19H2,1H3. The Kier molecular flexibility index (Phi) is 6.46. The van der Waals surface area contributed by atoms with Crippen LogP contribution in [0, 0.1) is 0 Å². The molecule has 1 atom stereocenters. The van der Waals surface area contributed by atoms with E-state index in [1.165, 1.54) is 4.31 Å². The first-order valence-corrected chi connectivity index (χ1v) is 12.6. The lowest BCUT2D eigenvalue weighted by atomic mass is 9.72. The van der Waals surface area contributed by atoms with Gasteiger partial charge in [-0.1, -0.05) is 60.7 Å². The molecule has 1 unspecified atom stereocenters. The Labute approximate surface area is 184 Å². The van der Waals surface area contributed by atoms with Gasteiger partial charge in [0.2, 0.25) is 15.9 Å². The fourth-order valence-corrected chi connectivity index (χ4v) is 5.82. The lowest BCUT2D eigenvalue weighted by molar-refractivity contribution is -0.147. The van der Waals surface area contributed by atoms with Crippen LogP contribution in [0.1, 0.15) is 37.0 Å². The predicted molar refractivity (Wildman–Crippen MR) is 120 cm³/mol. The van der Waals surface area contributed by atoms with Gasteiger partial charge in [-0.3, -0.25) is 4.79 Å². The Morgan fingerprint density at radius 3 is 2.23 bits per heavy atom. The average molecular weight is 443 g/mol. The van der Waals surface area contributed by atoms with E-state index in [1.54, 1.807) is 6.92 Å². The van der Waals surface area contributed by atoms with Gasteiger partial charge in [0.25, 0.3) is 0 Å². The molecular weight excluding hydrogens is 412 g/mol. The van der Waals surface area contributed by atoms with Crippen molar-refractivity contribution in [2.75, 3.05) is 38.5 Å². The highest BCUT2D eigenvalue weighted by Crippen LogP contribution is 2.39. The van der Waals surface area contributed by atoms with Crippen LogP contribution in [0.25, 0.3) is 0 Å². The number of nitrogens with zero attached hydrogens (tertiary/aromatic N) is 2. The summed E-state index contributed by atoms with van der Waals surface area (Å²) in [5.74, 6) is 0.165. The third-order valence-electron chi connectivity index (χ3n) is 6.59. The van der Waals surface area contributed by atoms with Gasteiger partial charge in [-0.15, -0.1) is 0 Å². The monoisotopic (exact) mass is 442 g/mol. The third kappa shape index (κ3) is 4.40. The Hall–Kier alpha value is -2.22. The molecule has 2 aliphatic heterocycles. The van der Waals surface area contributed by atoms with E-state index in [9.17, 15) is 13.2 Å². The number of ether oxygens (including phenoxy) is 1. The minimum Gasteiger partial charge on any atom is -0.370 e. The van der Waals surface area contributed by atoms with Gasteiger partial charge in [0.05, 0.1) is 24.3 Å². The molecular formula is C24H30N2O4S. The molecule has 2 heterocycles.